The van der Waals surface area contributed by atoms with Crippen LogP contribution in [0.5, 0.6) is 0 Å². The lowest BCUT2D eigenvalue weighted by atomic mass is 9.64. The number of aliphatic imine (C=N–C) groups is 2. The number of fused-ring (bicyclic) bond motifs is 10. The molecule has 0 amide bonds. The van der Waals surface area contributed by atoms with Gasteiger partial charge in [-0.1, -0.05) is 51.4 Å². The summed E-state index contributed by atoms with van der Waals surface area (Å²) in [6.07, 6.45) is 13.2. The SMILES string of the molecule is Cn1c2cc3c4sc(N=C5C(=O)C6CC7CCCCC7CC6C5=O)cc4n(C)c3cc2c2sc(N=C3C(=O)C4CC5CCCCC5CC4C3=O)cc21. The van der Waals surface area contributed by atoms with Crippen LogP contribution in [0.15, 0.2) is 34.3 Å². The van der Waals surface area contributed by atoms with E-state index in [2.05, 4.69) is 35.4 Å². The van der Waals surface area contributed by atoms with Crippen LogP contribution in [0.4, 0.5) is 10.0 Å². The van der Waals surface area contributed by atoms with Crippen molar-refractivity contribution in [1.29, 1.82) is 0 Å². The molecule has 11 rings (SSSR count). The van der Waals surface area contributed by atoms with E-state index < -0.39 is 0 Å². The van der Waals surface area contributed by atoms with Crippen molar-refractivity contribution in [1.82, 2.24) is 9.13 Å². The largest absolute Gasteiger partial charge is 0.343 e. The van der Waals surface area contributed by atoms with Crippen LogP contribution in [-0.4, -0.2) is 43.7 Å². The van der Waals surface area contributed by atoms with Crippen LogP contribution in [0, 0.1) is 47.3 Å². The Kier molecular flexibility index (Phi) is 6.94. The second-order valence-electron chi connectivity index (χ2n) is 17.0. The minimum absolute atomic E-state index is 0.0332. The highest BCUT2D eigenvalue weighted by atomic mass is 32.1. The van der Waals surface area contributed by atoms with Gasteiger partial charge >= 0.3 is 0 Å². The first kappa shape index (κ1) is 31.7. The average Bonchev–Trinajstić information content (AvgIpc) is 3.97. The maximum Gasteiger partial charge on any atom is 0.188 e. The van der Waals surface area contributed by atoms with E-state index in [-0.39, 0.29) is 58.2 Å². The van der Waals surface area contributed by atoms with Gasteiger partial charge in [-0.3, -0.25) is 19.2 Å². The van der Waals surface area contributed by atoms with Crippen molar-refractivity contribution in [3.63, 3.8) is 0 Å². The Morgan fingerprint density at radius 2 is 0.827 bits per heavy atom. The molecule has 6 saturated carbocycles. The molecule has 6 aliphatic carbocycles. The molecule has 52 heavy (non-hydrogen) atoms. The van der Waals surface area contributed by atoms with Crippen molar-refractivity contribution in [2.45, 2.75) is 77.0 Å². The third kappa shape index (κ3) is 4.43. The number of hydrogen-bond donors (Lipinski definition) is 0. The van der Waals surface area contributed by atoms with Crippen LogP contribution in [0.1, 0.15) is 77.0 Å². The van der Waals surface area contributed by atoms with E-state index in [0.717, 1.165) is 67.9 Å². The Morgan fingerprint density at radius 1 is 0.500 bits per heavy atom. The standard InChI is InChI=1S/C42H42N4O4S2/c1-45-29-15-28-30(46(2)32-18-34(52-42(28)32)44-36-39(49)25-13-21-9-5-6-10-22(21)14-26(25)40(36)50)16-27(29)41-31(45)17-33(51-41)43-35-37(47)23-11-19-7-3-4-8-20(19)12-24(23)38(35)48/h15-26H,3-14H2,1-2H3. The molecule has 4 aromatic heterocycles. The summed E-state index contributed by atoms with van der Waals surface area (Å²) in [7, 11) is 4.11. The Bertz CT molecular complexity index is 2270. The summed E-state index contributed by atoms with van der Waals surface area (Å²) in [5.74, 6) is 1.48. The molecule has 8 nitrogen and oxygen atoms in total. The Labute approximate surface area is 309 Å². The lowest BCUT2D eigenvalue weighted by Gasteiger charge is -2.39. The highest BCUT2D eigenvalue weighted by Gasteiger charge is 2.53. The van der Waals surface area contributed by atoms with Crippen LogP contribution in [-0.2, 0) is 33.3 Å². The van der Waals surface area contributed by atoms with Crippen molar-refractivity contribution in [3.8, 4) is 0 Å². The maximum atomic E-state index is 13.6. The molecule has 0 spiro atoms. The Morgan fingerprint density at radius 3 is 1.15 bits per heavy atom. The van der Waals surface area contributed by atoms with Crippen molar-refractivity contribution in [2.24, 2.45) is 71.4 Å². The minimum Gasteiger partial charge on any atom is -0.343 e. The van der Waals surface area contributed by atoms with E-state index in [1.54, 1.807) is 22.7 Å². The van der Waals surface area contributed by atoms with Crippen LogP contribution in [0.25, 0.3) is 42.2 Å². The third-order valence-corrected chi connectivity index (χ3v) is 16.6. The van der Waals surface area contributed by atoms with Crippen LogP contribution < -0.4 is 0 Å². The zero-order chi connectivity index (χ0) is 35.2. The highest BCUT2D eigenvalue weighted by Crippen LogP contribution is 2.51. The molecule has 0 aliphatic heterocycles. The predicted molar refractivity (Wildman–Crippen MR) is 208 cm³/mol. The summed E-state index contributed by atoms with van der Waals surface area (Å²) in [4.78, 5) is 63.9. The van der Waals surface area contributed by atoms with Gasteiger partial charge in [0.1, 0.15) is 10.0 Å². The van der Waals surface area contributed by atoms with Gasteiger partial charge in [0.15, 0.2) is 34.6 Å². The molecule has 0 saturated heterocycles. The van der Waals surface area contributed by atoms with Crippen LogP contribution >= 0.6 is 22.7 Å². The minimum atomic E-state index is -0.181. The van der Waals surface area contributed by atoms with Gasteiger partial charge in [0.05, 0.1) is 31.5 Å². The number of hydrogen-bond acceptors (Lipinski definition) is 8. The van der Waals surface area contributed by atoms with E-state index in [0.29, 0.717) is 33.7 Å². The number of nitrogens with zero attached hydrogens (tertiary/aromatic N) is 4. The molecule has 266 valence electrons. The quantitative estimate of drug-likeness (QED) is 0.181. The van der Waals surface area contributed by atoms with Gasteiger partial charge in [0.25, 0.3) is 0 Å². The molecule has 0 radical (unpaired) electrons. The molecule has 1 aromatic carbocycles. The maximum absolute atomic E-state index is 13.6. The van der Waals surface area contributed by atoms with Crippen molar-refractivity contribution < 1.29 is 19.2 Å². The lowest BCUT2D eigenvalue weighted by Crippen LogP contribution is -2.35. The molecule has 6 fully saturated rings. The van der Waals surface area contributed by atoms with Gasteiger partial charge in [-0.2, -0.15) is 0 Å². The first-order chi connectivity index (χ1) is 25.2. The lowest BCUT2D eigenvalue weighted by molar-refractivity contribution is -0.123. The van der Waals surface area contributed by atoms with E-state index in [4.69, 9.17) is 9.98 Å². The molecule has 6 aliphatic rings. The number of carbonyl (C=O) groups excluding carboxylic acids is 4. The predicted octanol–water partition coefficient (Wildman–Crippen LogP) is 9.21. The van der Waals surface area contributed by atoms with Crippen LogP contribution in [0.3, 0.4) is 0 Å². The second kappa shape index (κ2) is 11.4. The average molecular weight is 731 g/mol. The van der Waals surface area contributed by atoms with Gasteiger partial charge in [-0.25, -0.2) is 9.98 Å². The fraction of sp³-hybridized carbons (Fsp3) is 0.524. The number of ketones is 4. The molecule has 5 aromatic rings. The summed E-state index contributed by atoms with van der Waals surface area (Å²) in [5.41, 5.74) is 4.60. The Balaban J connectivity index is 0.926. The summed E-state index contributed by atoms with van der Waals surface area (Å²) < 4.78 is 6.54. The number of thiophene rings is 2. The topological polar surface area (TPSA) is 103 Å². The molecular formula is C42H42N4O4S2. The van der Waals surface area contributed by atoms with Gasteiger partial charge in [0, 0.05) is 48.5 Å². The van der Waals surface area contributed by atoms with Crippen molar-refractivity contribution in [2.75, 3.05) is 0 Å². The Hall–Kier alpha value is -3.76. The van der Waals surface area contributed by atoms with E-state index in [1.165, 1.54) is 51.4 Å². The number of Topliss-reactive ketones (excluding diaryl/α,β-unsaturated/α-hetero) is 4. The van der Waals surface area contributed by atoms with E-state index in [9.17, 15) is 19.2 Å². The first-order valence-corrected chi connectivity index (χ1v) is 21.1. The summed E-state index contributed by atoms with van der Waals surface area (Å²) in [6, 6.07) is 8.51. The molecule has 0 N–H and O–H groups in total. The zero-order valence-electron chi connectivity index (χ0n) is 29.7. The van der Waals surface area contributed by atoms with Gasteiger partial charge in [0.2, 0.25) is 0 Å². The smallest absolute Gasteiger partial charge is 0.188 e. The third-order valence-electron chi connectivity index (χ3n) is 14.5. The molecule has 4 heterocycles. The fourth-order valence-corrected chi connectivity index (χ4v) is 14.0. The van der Waals surface area contributed by atoms with Crippen molar-refractivity contribution >= 4 is 109 Å². The number of benzene rings is 1. The molecule has 8 unspecified atom stereocenters. The van der Waals surface area contributed by atoms with Gasteiger partial charge in [-0.15, -0.1) is 22.7 Å². The fourth-order valence-electron chi connectivity index (χ4n) is 11.8. The van der Waals surface area contributed by atoms with Gasteiger partial charge in [-0.05, 0) is 73.6 Å². The second-order valence-corrected chi connectivity index (χ2v) is 19.0. The number of rotatable bonds is 2. The monoisotopic (exact) mass is 730 g/mol. The summed E-state index contributed by atoms with van der Waals surface area (Å²) >= 11 is 3.10. The van der Waals surface area contributed by atoms with E-state index in [1.807, 2.05) is 12.1 Å². The number of carbonyl (C=O) groups is 4. The molecule has 0 bridgehead atoms. The first-order valence-electron chi connectivity index (χ1n) is 19.5. The summed E-state index contributed by atoms with van der Waals surface area (Å²) in [6.45, 7) is 0. The molecular weight excluding hydrogens is 689 g/mol. The van der Waals surface area contributed by atoms with Crippen molar-refractivity contribution in [3.05, 3.63) is 24.3 Å². The van der Waals surface area contributed by atoms with E-state index >= 15 is 0 Å². The number of aryl methyl sites for hydroxylation is 2. The number of aromatic nitrogens is 2. The van der Waals surface area contributed by atoms with Crippen LogP contribution in [0.2, 0.25) is 0 Å². The van der Waals surface area contributed by atoms with Gasteiger partial charge < -0.3 is 9.13 Å². The molecule has 10 heteroatoms. The zero-order valence-corrected chi connectivity index (χ0v) is 31.3. The normalized spacial score (nSPS) is 32.0. The highest BCUT2D eigenvalue weighted by molar-refractivity contribution is 7.24. The molecule has 8 atom stereocenters. The summed E-state index contributed by atoms with van der Waals surface area (Å²) in [5, 5.41) is 3.65.